The second-order valence-corrected chi connectivity index (χ2v) is 7.73. The van der Waals surface area contributed by atoms with Crippen molar-refractivity contribution in [1.82, 2.24) is 20.8 Å². The summed E-state index contributed by atoms with van der Waals surface area (Å²) >= 11 is 0. The number of guanidine groups is 1. The molecule has 2 N–H and O–H groups in total. The van der Waals surface area contributed by atoms with Crippen molar-refractivity contribution in [3.63, 3.8) is 0 Å². The quantitative estimate of drug-likeness (QED) is 0.602. The third kappa shape index (κ3) is 5.60. The minimum absolute atomic E-state index is 0.300. The molecule has 1 aromatic rings. The first-order valence-electron chi connectivity index (χ1n) is 8.33. The largest absolute Gasteiger partial charge is 0.357 e. The lowest BCUT2D eigenvalue weighted by Gasteiger charge is -2.30. The lowest BCUT2D eigenvalue weighted by Crippen LogP contribution is -2.46. The molecule has 0 aliphatic heterocycles. The Balaban J connectivity index is 1.93. The molecule has 0 spiro atoms. The van der Waals surface area contributed by atoms with E-state index in [-0.39, 0.29) is 0 Å². The summed E-state index contributed by atoms with van der Waals surface area (Å²) in [5.74, 6) is 2.62. The van der Waals surface area contributed by atoms with Crippen LogP contribution in [-0.2, 0) is 17.3 Å². The molecule has 1 aliphatic carbocycles. The summed E-state index contributed by atoms with van der Waals surface area (Å²) in [5, 5.41) is 10.9. The molecular formula is C15H27N5O2S. The predicted octanol–water partition coefficient (Wildman–Crippen LogP) is 1.51. The third-order valence-electron chi connectivity index (χ3n) is 3.92. The summed E-state index contributed by atoms with van der Waals surface area (Å²) in [6, 6.07) is 0.314. The van der Waals surface area contributed by atoms with Crippen LogP contribution in [0.2, 0.25) is 0 Å². The molecule has 8 heteroatoms. The minimum Gasteiger partial charge on any atom is -0.357 e. The van der Waals surface area contributed by atoms with Crippen LogP contribution in [0.25, 0.3) is 0 Å². The third-order valence-corrected chi connectivity index (χ3v) is 5.66. The van der Waals surface area contributed by atoms with Crippen molar-refractivity contribution >= 4 is 16.8 Å². The van der Waals surface area contributed by atoms with Gasteiger partial charge in [0.1, 0.15) is 6.54 Å². The van der Waals surface area contributed by atoms with Gasteiger partial charge in [0.25, 0.3) is 0 Å². The molecule has 130 valence electrons. The Morgan fingerprint density at radius 1 is 1.43 bits per heavy atom. The summed E-state index contributed by atoms with van der Waals surface area (Å²) in [6.45, 7) is 6.95. The van der Waals surface area contributed by atoms with Crippen molar-refractivity contribution in [3.05, 3.63) is 11.7 Å². The Hall–Kier alpha value is -1.44. The molecule has 2 rings (SSSR count). The summed E-state index contributed by atoms with van der Waals surface area (Å²) in [4.78, 5) is 8.67. The summed E-state index contributed by atoms with van der Waals surface area (Å²) in [5.41, 5.74) is 0. The first-order chi connectivity index (χ1) is 11.1. The number of hydrogen-bond donors (Lipinski definition) is 2. The number of aryl methyl sites for hydroxylation is 1. The van der Waals surface area contributed by atoms with E-state index in [0.717, 1.165) is 43.9 Å². The van der Waals surface area contributed by atoms with Crippen LogP contribution in [0.3, 0.4) is 0 Å². The van der Waals surface area contributed by atoms with E-state index in [9.17, 15) is 4.21 Å². The van der Waals surface area contributed by atoms with Crippen molar-refractivity contribution in [1.29, 1.82) is 0 Å². The smallest absolute Gasteiger partial charge is 0.223 e. The molecule has 1 heterocycles. The number of nitrogens with one attached hydrogen (secondary N) is 2. The van der Waals surface area contributed by atoms with Crippen LogP contribution in [0.5, 0.6) is 0 Å². The monoisotopic (exact) mass is 341 g/mol. The van der Waals surface area contributed by atoms with E-state index in [1.807, 2.05) is 13.8 Å². The summed E-state index contributed by atoms with van der Waals surface area (Å²) in [7, 11) is -0.716. The number of aliphatic imine (C=N–C) groups is 1. The van der Waals surface area contributed by atoms with Gasteiger partial charge in [-0.05, 0) is 26.2 Å². The molecule has 1 aliphatic rings. The summed E-state index contributed by atoms with van der Waals surface area (Å²) < 4.78 is 17.0. The van der Waals surface area contributed by atoms with Gasteiger partial charge in [-0.25, -0.2) is 4.99 Å². The molecule has 1 aromatic heterocycles. The van der Waals surface area contributed by atoms with Gasteiger partial charge in [0.05, 0.1) is 0 Å². The zero-order chi connectivity index (χ0) is 16.7. The van der Waals surface area contributed by atoms with Crippen LogP contribution in [0.15, 0.2) is 9.52 Å². The van der Waals surface area contributed by atoms with Crippen molar-refractivity contribution in [2.24, 2.45) is 4.99 Å². The lowest BCUT2D eigenvalue weighted by atomic mass is 9.95. The maximum absolute atomic E-state index is 12.0. The van der Waals surface area contributed by atoms with Gasteiger partial charge in [0.15, 0.2) is 11.8 Å². The first kappa shape index (κ1) is 17.9. The molecule has 7 nitrogen and oxygen atoms in total. The minimum atomic E-state index is -0.716. The van der Waals surface area contributed by atoms with Gasteiger partial charge in [-0.3, -0.25) is 4.21 Å². The highest BCUT2D eigenvalue weighted by Gasteiger charge is 2.26. The SMILES string of the molecule is CCNC(=NCc1noc(C)n1)NC1CCCC(S(=O)CC)C1. The Morgan fingerprint density at radius 3 is 2.91 bits per heavy atom. The zero-order valence-corrected chi connectivity index (χ0v) is 15.0. The fourth-order valence-electron chi connectivity index (χ4n) is 2.82. The van der Waals surface area contributed by atoms with Crippen LogP contribution in [0.4, 0.5) is 0 Å². The second-order valence-electron chi connectivity index (χ2n) is 5.72. The van der Waals surface area contributed by atoms with Gasteiger partial charge in [0.2, 0.25) is 5.89 Å². The van der Waals surface area contributed by atoms with Crippen LogP contribution >= 0.6 is 0 Å². The maximum atomic E-state index is 12.0. The van der Waals surface area contributed by atoms with Crippen molar-refractivity contribution in [3.8, 4) is 0 Å². The van der Waals surface area contributed by atoms with Crippen LogP contribution < -0.4 is 10.6 Å². The van der Waals surface area contributed by atoms with Gasteiger partial charge in [-0.1, -0.05) is 18.5 Å². The number of hydrogen-bond acceptors (Lipinski definition) is 5. The molecule has 0 aromatic carbocycles. The zero-order valence-electron chi connectivity index (χ0n) is 14.2. The maximum Gasteiger partial charge on any atom is 0.223 e. The number of rotatable bonds is 6. The normalized spacial score (nSPS) is 23.5. The molecule has 3 atom stereocenters. The molecular weight excluding hydrogens is 314 g/mol. The topological polar surface area (TPSA) is 92.4 Å². The molecule has 0 radical (unpaired) electrons. The van der Waals surface area contributed by atoms with E-state index in [0.29, 0.717) is 29.6 Å². The van der Waals surface area contributed by atoms with Gasteiger partial charge in [0, 0.05) is 41.3 Å². The predicted molar refractivity (Wildman–Crippen MR) is 91.7 cm³/mol. The van der Waals surface area contributed by atoms with Crippen LogP contribution in [0, 0.1) is 6.92 Å². The van der Waals surface area contributed by atoms with E-state index in [4.69, 9.17) is 4.52 Å². The molecule has 0 amide bonds. The van der Waals surface area contributed by atoms with E-state index < -0.39 is 10.8 Å². The molecule has 0 bridgehead atoms. The Labute approximate surface area is 140 Å². The Bertz CT molecular complexity index is 546. The highest BCUT2D eigenvalue weighted by atomic mass is 32.2. The van der Waals surface area contributed by atoms with Gasteiger partial charge in [-0.15, -0.1) is 0 Å². The van der Waals surface area contributed by atoms with Crippen LogP contribution in [-0.4, -0.2) is 43.9 Å². The fourth-order valence-corrected chi connectivity index (χ4v) is 4.17. The van der Waals surface area contributed by atoms with E-state index >= 15 is 0 Å². The van der Waals surface area contributed by atoms with Gasteiger partial charge < -0.3 is 15.2 Å². The first-order valence-corrected chi connectivity index (χ1v) is 9.71. The molecule has 3 unspecified atom stereocenters. The Morgan fingerprint density at radius 2 is 2.26 bits per heavy atom. The van der Waals surface area contributed by atoms with Gasteiger partial charge in [-0.2, -0.15) is 4.98 Å². The fraction of sp³-hybridized carbons (Fsp3) is 0.800. The number of nitrogens with zero attached hydrogens (tertiary/aromatic N) is 3. The molecule has 1 saturated carbocycles. The molecule has 0 saturated heterocycles. The summed E-state index contributed by atoms with van der Waals surface area (Å²) in [6.07, 6.45) is 4.20. The van der Waals surface area contributed by atoms with E-state index in [1.165, 1.54) is 0 Å². The highest BCUT2D eigenvalue weighted by molar-refractivity contribution is 7.85. The van der Waals surface area contributed by atoms with Gasteiger partial charge >= 0.3 is 0 Å². The van der Waals surface area contributed by atoms with Crippen molar-refractivity contribution in [2.45, 2.75) is 64.3 Å². The standard InChI is InChI=1S/C15H27N5O2S/c1-4-16-15(17-10-14-18-11(3)22-20-14)19-12-7-6-8-13(9-12)23(21)5-2/h12-13H,4-10H2,1-3H3,(H2,16,17,19). The number of aromatic nitrogens is 2. The average Bonchev–Trinajstić information content (AvgIpc) is 2.98. The second kappa shape index (κ2) is 9.00. The van der Waals surface area contributed by atoms with Crippen molar-refractivity contribution < 1.29 is 8.73 Å². The molecule has 23 heavy (non-hydrogen) atoms. The average molecular weight is 341 g/mol. The highest BCUT2D eigenvalue weighted by Crippen LogP contribution is 2.22. The van der Waals surface area contributed by atoms with Crippen LogP contribution in [0.1, 0.15) is 51.2 Å². The van der Waals surface area contributed by atoms with Crippen molar-refractivity contribution in [2.75, 3.05) is 12.3 Å². The lowest BCUT2D eigenvalue weighted by molar-refractivity contribution is 0.387. The Kier molecular flexibility index (Phi) is 7.01. The van der Waals surface area contributed by atoms with E-state index in [2.05, 4.69) is 25.8 Å². The molecule has 1 fully saturated rings. The van der Waals surface area contributed by atoms with E-state index in [1.54, 1.807) is 6.92 Å².